The number of hydrogen-bond donors (Lipinski definition) is 3. The van der Waals surface area contributed by atoms with Crippen molar-refractivity contribution in [3.8, 4) is 16.8 Å². The molecule has 14 heteroatoms. The van der Waals surface area contributed by atoms with Crippen molar-refractivity contribution in [1.82, 2.24) is 24.4 Å². The van der Waals surface area contributed by atoms with Gasteiger partial charge in [0.1, 0.15) is 5.82 Å². The molecule has 0 radical (unpaired) electrons. The van der Waals surface area contributed by atoms with Crippen molar-refractivity contribution in [1.29, 1.82) is 0 Å². The molecule has 232 valence electrons. The number of aliphatic carboxylic acids is 2. The smallest absolute Gasteiger partial charge is 0.416 e. The van der Waals surface area contributed by atoms with Gasteiger partial charge in [-0.3, -0.25) is 14.1 Å². The molecule has 3 aromatic heterocycles. The van der Waals surface area contributed by atoms with Crippen LogP contribution in [0.1, 0.15) is 5.56 Å². The van der Waals surface area contributed by atoms with Gasteiger partial charge in [-0.15, -0.1) is 0 Å². The number of nitrogens with zero attached hydrogens (tertiary/aromatic N) is 5. The Kier molecular flexibility index (Phi) is 8.68. The van der Waals surface area contributed by atoms with E-state index in [9.17, 15) is 27.6 Å². The van der Waals surface area contributed by atoms with Gasteiger partial charge in [-0.1, -0.05) is 12.1 Å². The molecule has 0 unspecified atom stereocenters. The minimum Gasteiger partial charge on any atom is -0.478 e. The number of pyridine rings is 2. The van der Waals surface area contributed by atoms with Crippen molar-refractivity contribution < 1.29 is 33.0 Å². The van der Waals surface area contributed by atoms with E-state index in [2.05, 4.69) is 20.2 Å². The molecule has 0 spiro atoms. The van der Waals surface area contributed by atoms with Crippen molar-refractivity contribution in [2.75, 3.05) is 31.1 Å². The second kappa shape index (κ2) is 12.6. The molecule has 0 bridgehead atoms. The summed E-state index contributed by atoms with van der Waals surface area (Å²) in [7, 11) is 1.59. The highest BCUT2D eigenvalue weighted by molar-refractivity contribution is 6.04. The van der Waals surface area contributed by atoms with E-state index in [1.54, 1.807) is 13.2 Å². The van der Waals surface area contributed by atoms with Gasteiger partial charge in [-0.25, -0.2) is 19.4 Å². The number of carbonyl (C=O) groups is 2. The van der Waals surface area contributed by atoms with Gasteiger partial charge in [0.25, 0.3) is 0 Å². The quantitative estimate of drug-likeness (QED) is 0.248. The van der Waals surface area contributed by atoms with Crippen LogP contribution < -0.4 is 15.9 Å². The zero-order chi connectivity index (χ0) is 32.3. The highest BCUT2D eigenvalue weighted by Crippen LogP contribution is 2.33. The number of aryl methyl sites for hydroxylation is 1. The summed E-state index contributed by atoms with van der Waals surface area (Å²) in [6.07, 6.45) is -0.0147. The number of alkyl halides is 3. The van der Waals surface area contributed by atoms with E-state index in [1.807, 2.05) is 36.5 Å². The van der Waals surface area contributed by atoms with Crippen LogP contribution in [0, 0.1) is 0 Å². The Bertz CT molecular complexity index is 1960. The Morgan fingerprint density at radius 2 is 1.60 bits per heavy atom. The standard InChI is InChI=1S/C27H23F3N6O.C4H4O4/c1-34-23-16-32-22-7-5-17(18-6-8-24(33-15-18)35-11-9-31-10-12-35)13-21(22)25(23)36(26(34)37)20-4-2-3-19(14-20)27(28,29)30;5-3(6)1-2-4(7)8/h2-8,13-16,31H,9-12H2,1H3;1-2H,(H,5,6)(H,7,8)/b;2-1-. The predicted octanol–water partition coefficient (Wildman–Crippen LogP) is 4.08. The molecule has 2 aromatic carbocycles. The third kappa shape index (κ3) is 6.70. The topological polar surface area (TPSA) is 143 Å². The summed E-state index contributed by atoms with van der Waals surface area (Å²) in [6.45, 7) is 3.63. The first-order valence-electron chi connectivity index (χ1n) is 13.7. The van der Waals surface area contributed by atoms with Crippen LogP contribution in [-0.4, -0.2) is 67.4 Å². The van der Waals surface area contributed by atoms with Crippen LogP contribution in [0.4, 0.5) is 19.0 Å². The minimum absolute atomic E-state index is 0.144. The lowest BCUT2D eigenvalue weighted by Gasteiger charge is -2.28. The molecule has 1 fully saturated rings. The van der Waals surface area contributed by atoms with Crippen molar-refractivity contribution in [3.05, 3.63) is 95.2 Å². The molecule has 11 nitrogen and oxygen atoms in total. The zero-order valence-corrected chi connectivity index (χ0v) is 23.8. The van der Waals surface area contributed by atoms with Crippen LogP contribution in [0.15, 0.2) is 83.9 Å². The van der Waals surface area contributed by atoms with Gasteiger partial charge < -0.3 is 20.4 Å². The van der Waals surface area contributed by atoms with E-state index < -0.39 is 29.4 Å². The lowest BCUT2D eigenvalue weighted by atomic mass is 10.0. The number of carboxylic acid groups (broad SMARTS) is 2. The molecule has 45 heavy (non-hydrogen) atoms. The van der Waals surface area contributed by atoms with Gasteiger partial charge in [0, 0.05) is 62.5 Å². The first-order chi connectivity index (χ1) is 21.4. The molecular weight excluding hydrogens is 593 g/mol. The fourth-order valence-corrected chi connectivity index (χ4v) is 5.02. The third-order valence-corrected chi connectivity index (χ3v) is 7.21. The van der Waals surface area contributed by atoms with E-state index in [4.69, 9.17) is 10.2 Å². The number of halogens is 3. The molecule has 0 saturated carbocycles. The maximum atomic E-state index is 13.4. The van der Waals surface area contributed by atoms with Gasteiger partial charge >= 0.3 is 23.8 Å². The van der Waals surface area contributed by atoms with E-state index in [0.29, 0.717) is 34.1 Å². The van der Waals surface area contributed by atoms with Crippen LogP contribution in [0.5, 0.6) is 0 Å². The Hall–Kier alpha value is -5.50. The third-order valence-electron chi connectivity index (χ3n) is 7.21. The molecule has 0 atom stereocenters. The average molecular weight is 621 g/mol. The number of anilines is 1. The number of carboxylic acids is 2. The zero-order valence-electron chi connectivity index (χ0n) is 23.8. The van der Waals surface area contributed by atoms with E-state index >= 15 is 0 Å². The summed E-state index contributed by atoms with van der Waals surface area (Å²) in [4.78, 5) is 43.7. The Balaban J connectivity index is 0.000000444. The summed E-state index contributed by atoms with van der Waals surface area (Å²) in [5.74, 6) is -1.60. The normalized spacial score (nSPS) is 13.6. The fourth-order valence-electron chi connectivity index (χ4n) is 5.02. The number of fused-ring (bicyclic) bond motifs is 3. The summed E-state index contributed by atoms with van der Waals surface area (Å²) in [5.41, 5.74) is 2.30. The number of imidazole rings is 1. The van der Waals surface area contributed by atoms with Crippen molar-refractivity contribution >= 4 is 39.7 Å². The second-order valence-electron chi connectivity index (χ2n) is 10.1. The SMILES string of the molecule is Cn1c(=O)n(-c2cccc(C(F)(F)F)c2)c2c3cc(-c4ccc(N5CCNCC5)nc4)ccc3ncc21.O=C(O)/C=C\C(=O)O. The van der Waals surface area contributed by atoms with Crippen molar-refractivity contribution in [2.45, 2.75) is 6.18 Å². The van der Waals surface area contributed by atoms with E-state index in [1.165, 1.54) is 21.3 Å². The predicted molar refractivity (Wildman–Crippen MR) is 162 cm³/mol. The molecule has 0 amide bonds. The molecule has 4 heterocycles. The van der Waals surface area contributed by atoms with Gasteiger partial charge in [0.05, 0.1) is 34.0 Å². The molecule has 1 saturated heterocycles. The number of benzene rings is 2. The van der Waals surface area contributed by atoms with Crippen LogP contribution in [0.25, 0.3) is 38.8 Å². The first kappa shape index (κ1) is 30.9. The van der Waals surface area contributed by atoms with Crippen molar-refractivity contribution in [3.63, 3.8) is 0 Å². The molecule has 5 aromatic rings. The molecule has 3 N–H and O–H groups in total. The lowest BCUT2D eigenvalue weighted by molar-refractivity contribution is -0.137. The number of aromatic nitrogens is 4. The lowest BCUT2D eigenvalue weighted by Crippen LogP contribution is -2.43. The van der Waals surface area contributed by atoms with Crippen LogP contribution in [0.2, 0.25) is 0 Å². The first-order valence-corrected chi connectivity index (χ1v) is 13.7. The minimum atomic E-state index is -4.52. The van der Waals surface area contributed by atoms with Gasteiger partial charge in [0.15, 0.2) is 0 Å². The molecule has 1 aliphatic rings. The highest BCUT2D eigenvalue weighted by Gasteiger charge is 2.31. The van der Waals surface area contributed by atoms with E-state index in [-0.39, 0.29) is 5.69 Å². The van der Waals surface area contributed by atoms with Gasteiger partial charge in [0.2, 0.25) is 0 Å². The summed E-state index contributed by atoms with van der Waals surface area (Å²) < 4.78 is 43.0. The number of nitrogens with one attached hydrogen (secondary N) is 1. The second-order valence-corrected chi connectivity index (χ2v) is 10.1. The molecule has 1 aliphatic heterocycles. The Labute approximate surface area is 253 Å². The Morgan fingerprint density at radius 1 is 0.911 bits per heavy atom. The summed E-state index contributed by atoms with van der Waals surface area (Å²) in [6, 6.07) is 14.5. The number of rotatable bonds is 5. The number of piperazine rings is 1. The summed E-state index contributed by atoms with van der Waals surface area (Å²) in [5, 5.41) is 19.6. The fraction of sp³-hybridized carbons (Fsp3) is 0.194. The van der Waals surface area contributed by atoms with E-state index in [0.717, 1.165) is 55.3 Å². The monoisotopic (exact) mass is 620 g/mol. The molecule has 0 aliphatic carbocycles. The summed E-state index contributed by atoms with van der Waals surface area (Å²) >= 11 is 0. The maximum absolute atomic E-state index is 13.4. The van der Waals surface area contributed by atoms with Gasteiger partial charge in [-0.05, 0) is 48.0 Å². The maximum Gasteiger partial charge on any atom is 0.416 e. The number of hydrogen-bond acceptors (Lipinski definition) is 7. The molecular formula is C31H27F3N6O5. The highest BCUT2D eigenvalue weighted by atomic mass is 19.4. The van der Waals surface area contributed by atoms with Crippen molar-refractivity contribution in [2.24, 2.45) is 7.05 Å². The molecule has 6 rings (SSSR count). The Morgan fingerprint density at radius 3 is 2.22 bits per heavy atom. The van der Waals surface area contributed by atoms with Crippen LogP contribution in [-0.2, 0) is 22.8 Å². The van der Waals surface area contributed by atoms with Gasteiger partial charge in [-0.2, -0.15) is 13.2 Å². The average Bonchev–Trinajstić information content (AvgIpc) is 3.30. The largest absolute Gasteiger partial charge is 0.478 e. The van der Waals surface area contributed by atoms with Crippen LogP contribution in [0.3, 0.4) is 0 Å². The van der Waals surface area contributed by atoms with Crippen LogP contribution >= 0.6 is 0 Å².